The molecule has 0 spiro atoms. The Labute approximate surface area is 174 Å². The van der Waals surface area contributed by atoms with Crippen molar-refractivity contribution in [2.45, 2.75) is 44.9 Å². The van der Waals surface area contributed by atoms with Crippen molar-refractivity contribution in [3.8, 4) is 0 Å². The molecule has 162 valence electrons. The van der Waals surface area contributed by atoms with E-state index in [1.165, 1.54) is 0 Å². The summed E-state index contributed by atoms with van der Waals surface area (Å²) in [4.78, 5) is 14.6. The molecule has 0 saturated carbocycles. The molecule has 2 aliphatic rings. The highest BCUT2D eigenvalue weighted by Gasteiger charge is 2.43. The number of sulfonamides is 1. The van der Waals surface area contributed by atoms with Gasteiger partial charge in [0.2, 0.25) is 15.9 Å². The van der Waals surface area contributed by atoms with E-state index < -0.39 is 10.0 Å². The lowest BCUT2D eigenvalue weighted by atomic mass is 9.78. The fraction of sp³-hybridized carbons (Fsp3) is 0.682. The predicted molar refractivity (Wildman–Crippen MR) is 113 cm³/mol. The molecule has 2 heterocycles. The Balaban J connectivity index is 1.73. The minimum absolute atomic E-state index is 0.00230. The zero-order valence-electron chi connectivity index (χ0n) is 17.8. The third-order valence-corrected chi connectivity index (χ3v) is 8.55. The van der Waals surface area contributed by atoms with Gasteiger partial charge in [-0.05, 0) is 42.7 Å². The van der Waals surface area contributed by atoms with Gasteiger partial charge < -0.3 is 10.0 Å². The number of hydrogen-bond donors (Lipinski definition) is 1. The second-order valence-electron chi connectivity index (χ2n) is 8.71. The normalized spacial score (nSPS) is 24.4. The third-order valence-electron chi connectivity index (χ3n) is 6.61. The third kappa shape index (κ3) is 4.52. The van der Waals surface area contributed by atoms with Gasteiger partial charge in [0.15, 0.2) is 0 Å². The first kappa shape index (κ1) is 22.2. The summed E-state index contributed by atoms with van der Waals surface area (Å²) in [5.74, 6) is 0.622. The van der Waals surface area contributed by atoms with Gasteiger partial charge in [0, 0.05) is 44.6 Å². The van der Waals surface area contributed by atoms with E-state index in [9.17, 15) is 18.3 Å². The summed E-state index contributed by atoms with van der Waals surface area (Å²) in [6, 6.07) is 7.19. The van der Waals surface area contributed by atoms with Crippen LogP contribution in [0.15, 0.2) is 29.2 Å². The van der Waals surface area contributed by atoms with E-state index in [2.05, 4.69) is 0 Å². The molecule has 2 atom stereocenters. The number of amides is 1. The molecule has 0 aromatic heterocycles. The lowest BCUT2D eigenvalue weighted by molar-refractivity contribution is -0.136. The summed E-state index contributed by atoms with van der Waals surface area (Å²) in [5.41, 5.74) is 0.831. The summed E-state index contributed by atoms with van der Waals surface area (Å²) in [6.45, 7) is 8.07. The van der Waals surface area contributed by atoms with E-state index in [1.807, 2.05) is 37.8 Å². The summed E-state index contributed by atoms with van der Waals surface area (Å²) in [6.07, 6.45) is 2.41. The van der Waals surface area contributed by atoms with Crippen molar-refractivity contribution in [1.82, 2.24) is 9.21 Å². The topological polar surface area (TPSA) is 77.9 Å². The van der Waals surface area contributed by atoms with Gasteiger partial charge in [-0.2, -0.15) is 4.31 Å². The average Bonchev–Trinajstić information content (AvgIpc) is 3.18. The van der Waals surface area contributed by atoms with Crippen molar-refractivity contribution < 1.29 is 18.3 Å². The maximum Gasteiger partial charge on any atom is 0.243 e. The lowest BCUT2D eigenvalue weighted by Crippen LogP contribution is -2.43. The first-order valence-electron chi connectivity index (χ1n) is 10.8. The van der Waals surface area contributed by atoms with Crippen molar-refractivity contribution in [3.05, 3.63) is 29.8 Å². The molecule has 2 fully saturated rings. The second kappa shape index (κ2) is 9.14. The standard InChI is InChI=1S/C22H34N2O4S/c1-4-17-7-5-6-8-21(17)29(27,28)24-13-19(15-25)20(14-24)18-9-11-23(12-10-18)22(26)16(2)3/h5-8,16,18-20,25H,4,9-15H2,1-3H3/t19-,20-/m0/s1. The van der Waals surface area contributed by atoms with E-state index in [4.69, 9.17) is 0 Å². The van der Waals surface area contributed by atoms with Crippen LogP contribution in [0.4, 0.5) is 0 Å². The fourth-order valence-electron chi connectivity index (χ4n) is 4.88. The molecule has 29 heavy (non-hydrogen) atoms. The van der Waals surface area contributed by atoms with Crippen LogP contribution in [-0.4, -0.2) is 61.4 Å². The maximum atomic E-state index is 13.3. The van der Waals surface area contributed by atoms with E-state index in [0.717, 1.165) is 31.5 Å². The number of piperidine rings is 1. The van der Waals surface area contributed by atoms with Gasteiger partial charge in [-0.1, -0.05) is 39.0 Å². The highest BCUT2D eigenvalue weighted by molar-refractivity contribution is 7.89. The summed E-state index contributed by atoms with van der Waals surface area (Å²) in [5, 5.41) is 9.95. The van der Waals surface area contributed by atoms with E-state index in [0.29, 0.717) is 30.3 Å². The Morgan fingerprint density at radius 1 is 1.17 bits per heavy atom. The number of carbonyl (C=O) groups excluding carboxylic acids is 1. The number of likely N-dealkylation sites (tertiary alicyclic amines) is 1. The maximum absolute atomic E-state index is 13.3. The molecular formula is C22H34N2O4S. The zero-order chi connectivity index (χ0) is 21.2. The highest BCUT2D eigenvalue weighted by Crippen LogP contribution is 2.38. The number of carbonyl (C=O) groups is 1. The van der Waals surface area contributed by atoms with E-state index in [1.54, 1.807) is 16.4 Å². The van der Waals surface area contributed by atoms with Crippen LogP contribution in [0.1, 0.15) is 39.2 Å². The lowest BCUT2D eigenvalue weighted by Gasteiger charge is -2.37. The average molecular weight is 423 g/mol. The molecule has 3 rings (SSSR count). The predicted octanol–water partition coefficient (Wildman–Crippen LogP) is 2.37. The molecule has 6 nitrogen and oxygen atoms in total. The molecule has 1 aromatic rings. The molecule has 0 unspecified atom stereocenters. The van der Waals surface area contributed by atoms with Crippen LogP contribution in [0.2, 0.25) is 0 Å². The molecule has 7 heteroatoms. The second-order valence-corrected chi connectivity index (χ2v) is 10.6. The van der Waals surface area contributed by atoms with Gasteiger partial charge in [-0.15, -0.1) is 0 Å². The van der Waals surface area contributed by atoms with Crippen LogP contribution < -0.4 is 0 Å². The minimum Gasteiger partial charge on any atom is -0.396 e. The molecule has 0 radical (unpaired) electrons. The molecule has 1 amide bonds. The first-order chi connectivity index (χ1) is 13.8. The van der Waals surface area contributed by atoms with Crippen molar-refractivity contribution in [1.29, 1.82) is 0 Å². The number of aryl methyl sites for hydroxylation is 1. The van der Waals surface area contributed by atoms with Crippen LogP contribution in [0.25, 0.3) is 0 Å². The monoisotopic (exact) mass is 422 g/mol. The van der Waals surface area contributed by atoms with Crippen LogP contribution in [0, 0.1) is 23.7 Å². The first-order valence-corrected chi connectivity index (χ1v) is 12.2. The number of benzene rings is 1. The quantitative estimate of drug-likeness (QED) is 0.763. The van der Waals surface area contributed by atoms with Gasteiger partial charge in [0.1, 0.15) is 0 Å². The van der Waals surface area contributed by atoms with Gasteiger partial charge in [-0.3, -0.25) is 4.79 Å². The van der Waals surface area contributed by atoms with Crippen molar-refractivity contribution in [2.24, 2.45) is 23.7 Å². The number of nitrogens with zero attached hydrogens (tertiary/aromatic N) is 2. The van der Waals surface area contributed by atoms with Crippen molar-refractivity contribution >= 4 is 15.9 Å². The molecular weight excluding hydrogens is 388 g/mol. The van der Waals surface area contributed by atoms with Gasteiger partial charge in [0.05, 0.1) is 4.90 Å². The number of hydrogen-bond acceptors (Lipinski definition) is 4. The summed E-state index contributed by atoms with van der Waals surface area (Å²) in [7, 11) is -3.57. The zero-order valence-corrected chi connectivity index (χ0v) is 18.6. The number of rotatable bonds is 6. The van der Waals surface area contributed by atoms with Gasteiger partial charge >= 0.3 is 0 Å². The van der Waals surface area contributed by atoms with Crippen LogP contribution in [0.5, 0.6) is 0 Å². The Morgan fingerprint density at radius 2 is 1.83 bits per heavy atom. The van der Waals surface area contributed by atoms with E-state index >= 15 is 0 Å². The Morgan fingerprint density at radius 3 is 2.41 bits per heavy atom. The van der Waals surface area contributed by atoms with Crippen LogP contribution in [0.3, 0.4) is 0 Å². The van der Waals surface area contributed by atoms with Gasteiger partial charge in [-0.25, -0.2) is 8.42 Å². The minimum atomic E-state index is -3.57. The summed E-state index contributed by atoms with van der Waals surface area (Å²) < 4.78 is 28.2. The Hall–Kier alpha value is -1.44. The molecule has 2 aliphatic heterocycles. The molecule has 1 aromatic carbocycles. The molecule has 0 bridgehead atoms. The largest absolute Gasteiger partial charge is 0.396 e. The Kier molecular flexibility index (Phi) is 7.02. The highest BCUT2D eigenvalue weighted by atomic mass is 32.2. The number of aliphatic hydroxyl groups is 1. The van der Waals surface area contributed by atoms with Crippen LogP contribution in [-0.2, 0) is 21.2 Å². The van der Waals surface area contributed by atoms with Crippen LogP contribution >= 0.6 is 0 Å². The van der Waals surface area contributed by atoms with Crippen molar-refractivity contribution in [2.75, 3.05) is 32.8 Å². The number of aliphatic hydroxyl groups excluding tert-OH is 1. The van der Waals surface area contributed by atoms with E-state index in [-0.39, 0.29) is 30.3 Å². The Bertz CT molecular complexity index is 816. The van der Waals surface area contributed by atoms with Crippen molar-refractivity contribution in [3.63, 3.8) is 0 Å². The van der Waals surface area contributed by atoms with Gasteiger partial charge in [0.25, 0.3) is 0 Å². The smallest absolute Gasteiger partial charge is 0.243 e. The molecule has 2 saturated heterocycles. The molecule has 1 N–H and O–H groups in total. The molecule has 0 aliphatic carbocycles. The fourth-order valence-corrected chi connectivity index (χ4v) is 6.71. The SMILES string of the molecule is CCc1ccccc1S(=O)(=O)N1C[C@@H](CO)[C@H](C2CCN(C(=O)C(C)C)CC2)C1. The summed E-state index contributed by atoms with van der Waals surface area (Å²) >= 11 is 0.